The van der Waals surface area contributed by atoms with Crippen molar-refractivity contribution in [1.82, 2.24) is 9.62 Å². The highest BCUT2D eigenvalue weighted by Crippen LogP contribution is 2.34. The monoisotopic (exact) mass is 464 g/mol. The number of nitrogens with one attached hydrogen (secondary N) is 1. The van der Waals surface area contributed by atoms with Crippen molar-refractivity contribution in [1.29, 1.82) is 0 Å². The van der Waals surface area contributed by atoms with Crippen molar-refractivity contribution in [2.75, 3.05) is 32.9 Å². The summed E-state index contributed by atoms with van der Waals surface area (Å²) in [7, 11) is -3.73. The average molecular weight is 464 g/mol. The van der Waals surface area contributed by atoms with Gasteiger partial charge >= 0.3 is 5.97 Å². The van der Waals surface area contributed by atoms with Crippen molar-refractivity contribution >= 4 is 21.9 Å². The summed E-state index contributed by atoms with van der Waals surface area (Å²) in [6.45, 7) is 0.969. The predicted octanol–water partition coefficient (Wildman–Crippen LogP) is 1.31. The van der Waals surface area contributed by atoms with E-state index < -0.39 is 34.4 Å². The Kier molecular flexibility index (Phi) is 6.66. The molecule has 1 amide bonds. The van der Waals surface area contributed by atoms with E-state index in [4.69, 9.17) is 18.6 Å². The van der Waals surface area contributed by atoms with E-state index in [1.54, 1.807) is 18.2 Å². The highest BCUT2D eigenvalue weighted by atomic mass is 32.2. The molecule has 172 valence electrons. The maximum atomic E-state index is 13.0. The van der Waals surface area contributed by atoms with Gasteiger partial charge in [0.2, 0.25) is 10.0 Å². The van der Waals surface area contributed by atoms with Gasteiger partial charge in [-0.1, -0.05) is 0 Å². The van der Waals surface area contributed by atoms with Crippen molar-refractivity contribution in [2.45, 2.75) is 24.3 Å². The number of ether oxygens (including phenoxy) is 3. The average Bonchev–Trinajstić information content (AvgIpc) is 3.34. The third kappa shape index (κ3) is 5.05. The van der Waals surface area contributed by atoms with Gasteiger partial charge in [0.05, 0.1) is 23.6 Å². The second kappa shape index (κ2) is 9.61. The summed E-state index contributed by atoms with van der Waals surface area (Å²) in [5.41, 5.74) is 0. The van der Waals surface area contributed by atoms with Crippen LogP contribution in [0.4, 0.5) is 0 Å². The van der Waals surface area contributed by atoms with Gasteiger partial charge in [-0.3, -0.25) is 9.59 Å². The molecule has 3 heterocycles. The van der Waals surface area contributed by atoms with Crippen LogP contribution in [-0.4, -0.2) is 57.5 Å². The van der Waals surface area contributed by atoms with Crippen LogP contribution in [0.15, 0.2) is 45.9 Å². The lowest BCUT2D eigenvalue weighted by Crippen LogP contribution is -2.41. The summed E-state index contributed by atoms with van der Waals surface area (Å²) in [5, 5.41) is 2.59. The van der Waals surface area contributed by atoms with Crippen LogP contribution in [0.25, 0.3) is 0 Å². The number of benzene rings is 1. The van der Waals surface area contributed by atoms with E-state index in [1.807, 2.05) is 0 Å². The number of fused-ring (bicyclic) bond motifs is 1. The van der Waals surface area contributed by atoms with Crippen molar-refractivity contribution < 1.29 is 36.6 Å². The van der Waals surface area contributed by atoms with Gasteiger partial charge in [-0.05, 0) is 37.1 Å². The number of carbonyl (C=O) groups is 2. The third-order valence-electron chi connectivity index (χ3n) is 5.32. The van der Waals surface area contributed by atoms with E-state index in [1.165, 1.54) is 22.7 Å². The fourth-order valence-corrected chi connectivity index (χ4v) is 5.06. The number of nitrogens with zero attached hydrogens (tertiary/aromatic N) is 1. The van der Waals surface area contributed by atoms with Gasteiger partial charge in [-0.25, -0.2) is 8.42 Å². The van der Waals surface area contributed by atoms with Crippen LogP contribution in [0.2, 0.25) is 0 Å². The number of hydrogen-bond donors (Lipinski definition) is 1. The van der Waals surface area contributed by atoms with Crippen molar-refractivity contribution in [2.24, 2.45) is 5.92 Å². The molecule has 10 nitrogen and oxygen atoms in total. The Morgan fingerprint density at radius 1 is 1.09 bits per heavy atom. The Hall–Kier alpha value is -3.05. The Morgan fingerprint density at radius 2 is 1.84 bits per heavy atom. The summed E-state index contributed by atoms with van der Waals surface area (Å²) in [6, 6.07) is 7.97. The maximum absolute atomic E-state index is 13.0. The molecule has 0 aliphatic carbocycles. The number of piperidine rings is 1. The molecule has 0 atom stereocenters. The lowest BCUT2D eigenvalue weighted by atomic mass is 9.98. The quantitative estimate of drug-likeness (QED) is 0.608. The number of carbonyl (C=O) groups excluding carboxylic acids is 2. The molecule has 1 N–H and O–H groups in total. The van der Waals surface area contributed by atoms with E-state index >= 15 is 0 Å². The SMILES string of the molecule is O=C(COC(=O)C1CCN(S(=O)(=O)c2ccc3c(c2)OCCO3)CC1)NCc1ccco1. The zero-order chi connectivity index (χ0) is 22.6. The topological polar surface area (TPSA) is 124 Å². The molecule has 1 aromatic heterocycles. The van der Waals surface area contributed by atoms with Crippen LogP contribution in [0.5, 0.6) is 11.5 Å². The van der Waals surface area contributed by atoms with Gasteiger partial charge in [0.25, 0.3) is 5.91 Å². The van der Waals surface area contributed by atoms with E-state index in [-0.39, 0.29) is 24.5 Å². The Bertz CT molecular complexity index is 1060. The van der Waals surface area contributed by atoms with Crippen molar-refractivity contribution in [3.05, 3.63) is 42.4 Å². The first-order chi connectivity index (χ1) is 15.4. The van der Waals surface area contributed by atoms with E-state index in [2.05, 4.69) is 5.32 Å². The maximum Gasteiger partial charge on any atom is 0.309 e. The Labute approximate surface area is 185 Å². The molecule has 0 unspecified atom stereocenters. The molecular formula is C21H24N2O8S. The van der Waals surface area contributed by atoms with E-state index in [0.717, 1.165) is 0 Å². The molecule has 11 heteroatoms. The molecule has 2 aliphatic heterocycles. The van der Waals surface area contributed by atoms with E-state index in [9.17, 15) is 18.0 Å². The number of sulfonamides is 1. The molecule has 0 bridgehead atoms. The van der Waals surface area contributed by atoms with Gasteiger partial charge in [0.1, 0.15) is 19.0 Å². The first-order valence-electron chi connectivity index (χ1n) is 10.3. The Morgan fingerprint density at radius 3 is 2.56 bits per heavy atom. The van der Waals surface area contributed by atoms with Crippen LogP contribution in [-0.2, 0) is 30.9 Å². The number of furan rings is 1. The minimum atomic E-state index is -3.73. The number of rotatable bonds is 7. The Balaban J connectivity index is 1.26. The van der Waals surface area contributed by atoms with Gasteiger partial charge in [-0.15, -0.1) is 0 Å². The summed E-state index contributed by atoms with van der Waals surface area (Å²) < 4.78 is 48.4. The molecule has 0 spiro atoms. The molecule has 4 rings (SSSR count). The highest BCUT2D eigenvalue weighted by molar-refractivity contribution is 7.89. The van der Waals surface area contributed by atoms with Gasteiger partial charge in [0, 0.05) is 19.2 Å². The minimum absolute atomic E-state index is 0.121. The lowest BCUT2D eigenvalue weighted by Gasteiger charge is -2.30. The van der Waals surface area contributed by atoms with Gasteiger partial charge < -0.3 is 23.9 Å². The summed E-state index contributed by atoms with van der Waals surface area (Å²) in [4.78, 5) is 24.3. The normalized spacial score (nSPS) is 17.0. The first kappa shape index (κ1) is 22.2. The fourth-order valence-electron chi connectivity index (χ4n) is 3.57. The smallest absolute Gasteiger partial charge is 0.309 e. The zero-order valence-electron chi connectivity index (χ0n) is 17.3. The summed E-state index contributed by atoms with van der Waals surface area (Å²) in [6.07, 6.45) is 2.13. The van der Waals surface area contributed by atoms with Gasteiger partial charge in [0.15, 0.2) is 18.1 Å². The van der Waals surface area contributed by atoms with Crippen LogP contribution >= 0.6 is 0 Å². The molecule has 0 saturated carbocycles. The molecule has 1 saturated heterocycles. The first-order valence-corrected chi connectivity index (χ1v) is 11.7. The van der Waals surface area contributed by atoms with Crippen LogP contribution in [0, 0.1) is 5.92 Å². The zero-order valence-corrected chi connectivity index (χ0v) is 18.1. The predicted molar refractivity (Wildman–Crippen MR) is 110 cm³/mol. The van der Waals surface area contributed by atoms with E-state index in [0.29, 0.717) is 43.3 Å². The molecule has 0 radical (unpaired) electrons. The van der Waals surface area contributed by atoms with Crippen LogP contribution in [0.1, 0.15) is 18.6 Å². The summed E-state index contributed by atoms with van der Waals surface area (Å²) in [5.74, 6) is 0.115. The summed E-state index contributed by atoms with van der Waals surface area (Å²) >= 11 is 0. The third-order valence-corrected chi connectivity index (χ3v) is 7.22. The second-order valence-electron chi connectivity index (χ2n) is 7.45. The molecule has 32 heavy (non-hydrogen) atoms. The minimum Gasteiger partial charge on any atom is -0.486 e. The number of esters is 1. The molecule has 1 fully saturated rings. The molecule has 2 aliphatic rings. The number of hydrogen-bond acceptors (Lipinski definition) is 8. The van der Waals surface area contributed by atoms with Crippen LogP contribution in [0.3, 0.4) is 0 Å². The molecule has 1 aromatic carbocycles. The molecule has 2 aromatic rings. The fraction of sp³-hybridized carbons (Fsp3) is 0.429. The second-order valence-corrected chi connectivity index (χ2v) is 9.39. The largest absolute Gasteiger partial charge is 0.486 e. The lowest BCUT2D eigenvalue weighted by molar-refractivity contribution is -0.153. The van der Waals surface area contributed by atoms with Crippen molar-refractivity contribution in [3.63, 3.8) is 0 Å². The van der Waals surface area contributed by atoms with Gasteiger partial charge in [-0.2, -0.15) is 4.31 Å². The van der Waals surface area contributed by atoms with Crippen molar-refractivity contribution in [3.8, 4) is 11.5 Å². The highest BCUT2D eigenvalue weighted by Gasteiger charge is 2.33. The van der Waals surface area contributed by atoms with Crippen LogP contribution < -0.4 is 14.8 Å². The standard InChI is InChI=1S/C21H24N2O8S/c24-20(22-13-16-2-1-9-28-16)14-31-21(25)15-5-7-23(8-6-15)32(26,27)17-3-4-18-19(12-17)30-11-10-29-18/h1-4,9,12,15H,5-8,10-11,13-14H2,(H,22,24). The molecular weight excluding hydrogens is 440 g/mol. The number of amides is 1.